The van der Waals surface area contributed by atoms with Crippen LogP contribution in [0.25, 0.3) is 0 Å². The Labute approximate surface area is 112 Å². The van der Waals surface area contributed by atoms with Gasteiger partial charge in [-0.3, -0.25) is 0 Å². The molecule has 1 aromatic carbocycles. The van der Waals surface area contributed by atoms with Crippen LogP contribution in [0.5, 0.6) is 0 Å². The summed E-state index contributed by atoms with van der Waals surface area (Å²) in [5, 5.41) is 0. The van der Waals surface area contributed by atoms with Crippen molar-refractivity contribution in [3.8, 4) is 0 Å². The quantitative estimate of drug-likeness (QED) is 0.840. The molecule has 0 bridgehead atoms. The highest BCUT2D eigenvalue weighted by atomic mass is 32.2. The van der Waals surface area contributed by atoms with Crippen LogP contribution in [-0.4, -0.2) is 9.55 Å². The van der Waals surface area contributed by atoms with Crippen molar-refractivity contribution >= 4 is 11.8 Å². The van der Waals surface area contributed by atoms with Crippen molar-refractivity contribution < 1.29 is 0 Å². The Morgan fingerprint density at radius 3 is 2.94 bits per heavy atom. The van der Waals surface area contributed by atoms with Gasteiger partial charge in [0.1, 0.15) is 0 Å². The van der Waals surface area contributed by atoms with Crippen LogP contribution in [0.1, 0.15) is 31.1 Å². The minimum absolute atomic E-state index is 0.457. The van der Waals surface area contributed by atoms with Gasteiger partial charge in [-0.15, -0.1) is 11.8 Å². The first-order valence-electron chi connectivity index (χ1n) is 6.13. The van der Waals surface area contributed by atoms with Gasteiger partial charge in [0.25, 0.3) is 0 Å². The Balaban J connectivity index is 2.04. The molecule has 0 aliphatic rings. The first kappa shape index (κ1) is 13.2. The molecule has 2 aromatic rings. The zero-order chi connectivity index (χ0) is 13.0. The molecule has 2 N–H and O–H groups in total. The van der Waals surface area contributed by atoms with Gasteiger partial charge in [0.05, 0.1) is 6.33 Å². The third kappa shape index (κ3) is 3.15. The van der Waals surface area contributed by atoms with E-state index in [1.165, 1.54) is 16.2 Å². The maximum absolute atomic E-state index is 5.65. The summed E-state index contributed by atoms with van der Waals surface area (Å²) in [6, 6.07) is 8.85. The van der Waals surface area contributed by atoms with E-state index in [1.807, 2.05) is 24.3 Å². The fraction of sp³-hybridized carbons (Fsp3) is 0.357. The lowest BCUT2D eigenvalue weighted by molar-refractivity contribution is 0.584. The Kier molecular flexibility index (Phi) is 4.44. The molecule has 0 aliphatic carbocycles. The predicted molar refractivity (Wildman–Crippen MR) is 76.5 cm³/mol. The molecule has 0 aliphatic heterocycles. The fourth-order valence-electron chi connectivity index (χ4n) is 1.83. The number of hydrogen-bond donors (Lipinski definition) is 1. The zero-order valence-corrected chi connectivity index (χ0v) is 11.7. The van der Waals surface area contributed by atoms with E-state index < -0.39 is 0 Å². The van der Waals surface area contributed by atoms with Crippen molar-refractivity contribution in [2.24, 2.45) is 5.73 Å². The van der Waals surface area contributed by atoms with E-state index in [4.69, 9.17) is 5.73 Å². The smallest absolute Gasteiger partial charge is 0.0950 e. The molecule has 0 fully saturated rings. The van der Waals surface area contributed by atoms with Gasteiger partial charge in [-0.1, -0.05) is 12.1 Å². The maximum Gasteiger partial charge on any atom is 0.0950 e. The van der Waals surface area contributed by atoms with Crippen LogP contribution in [0, 0.1) is 0 Å². The summed E-state index contributed by atoms with van der Waals surface area (Å²) in [5.74, 6) is 0.937. The van der Waals surface area contributed by atoms with Gasteiger partial charge in [-0.2, -0.15) is 0 Å². The molecule has 0 atom stereocenters. The van der Waals surface area contributed by atoms with Crippen molar-refractivity contribution in [3.05, 3.63) is 48.0 Å². The van der Waals surface area contributed by atoms with Gasteiger partial charge < -0.3 is 10.3 Å². The number of thioether (sulfide) groups is 1. The van der Waals surface area contributed by atoms with E-state index in [0.717, 1.165) is 5.75 Å². The number of imidazole rings is 1. The summed E-state index contributed by atoms with van der Waals surface area (Å²) in [4.78, 5) is 5.48. The van der Waals surface area contributed by atoms with Crippen molar-refractivity contribution in [3.63, 3.8) is 0 Å². The van der Waals surface area contributed by atoms with Gasteiger partial charge in [0.2, 0.25) is 0 Å². The van der Waals surface area contributed by atoms with E-state index in [9.17, 15) is 0 Å². The number of rotatable bonds is 5. The third-order valence-electron chi connectivity index (χ3n) is 2.82. The van der Waals surface area contributed by atoms with Gasteiger partial charge in [0, 0.05) is 35.1 Å². The minimum Gasteiger partial charge on any atom is -0.331 e. The summed E-state index contributed by atoms with van der Waals surface area (Å²) in [5.41, 5.74) is 8.09. The lowest BCUT2D eigenvalue weighted by atomic mass is 10.2. The number of nitrogens with two attached hydrogens (primary N) is 1. The van der Waals surface area contributed by atoms with Gasteiger partial charge >= 0.3 is 0 Å². The molecule has 0 amide bonds. The number of aromatic nitrogens is 2. The van der Waals surface area contributed by atoms with Crippen LogP contribution >= 0.6 is 11.8 Å². The van der Waals surface area contributed by atoms with Crippen molar-refractivity contribution in [1.82, 2.24) is 9.55 Å². The average molecular weight is 261 g/mol. The Morgan fingerprint density at radius 2 is 2.22 bits per heavy atom. The molecule has 3 nitrogen and oxygen atoms in total. The largest absolute Gasteiger partial charge is 0.331 e. The SMILES string of the molecule is CC(C)n1cncc1CSc1cccc(CN)c1. The molecule has 0 saturated carbocycles. The third-order valence-corrected chi connectivity index (χ3v) is 3.85. The van der Waals surface area contributed by atoms with E-state index in [2.05, 4.69) is 47.7 Å². The second-order valence-corrected chi connectivity index (χ2v) is 5.57. The summed E-state index contributed by atoms with van der Waals surface area (Å²) < 4.78 is 2.21. The molecule has 0 unspecified atom stereocenters. The molecule has 0 saturated heterocycles. The number of nitrogens with zero attached hydrogens (tertiary/aromatic N) is 2. The molecule has 1 heterocycles. The summed E-state index contributed by atoms with van der Waals surface area (Å²) >= 11 is 1.82. The van der Waals surface area contributed by atoms with Crippen LogP contribution in [0.15, 0.2) is 41.7 Å². The molecule has 1 aromatic heterocycles. The summed E-state index contributed by atoms with van der Waals surface area (Å²) in [6.07, 6.45) is 3.84. The molecule has 0 spiro atoms. The maximum atomic E-state index is 5.65. The van der Waals surface area contributed by atoms with E-state index >= 15 is 0 Å². The molecule has 2 rings (SSSR count). The molecular weight excluding hydrogens is 242 g/mol. The van der Waals surface area contributed by atoms with Crippen LogP contribution < -0.4 is 5.73 Å². The highest BCUT2D eigenvalue weighted by molar-refractivity contribution is 7.98. The summed E-state index contributed by atoms with van der Waals surface area (Å²) in [7, 11) is 0. The van der Waals surface area contributed by atoms with Crippen LogP contribution in [-0.2, 0) is 12.3 Å². The molecule has 0 radical (unpaired) electrons. The van der Waals surface area contributed by atoms with Crippen molar-refractivity contribution in [2.75, 3.05) is 0 Å². The highest BCUT2D eigenvalue weighted by Gasteiger charge is 2.06. The van der Waals surface area contributed by atoms with E-state index in [0.29, 0.717) is 12.6 Å². The monoisotopic (exact) mass is 261 g/mol. The standard InChI is InChI=1S/C14H19N3S/c1-11(2)17-10-16-8-13(17)9-18-14-5-3-4-12(6-14)7-15/h3-6,8,10-11H,7,9,15H2,1-2H3. The lowest BCUT2D eigenvalue weighted by Crippen LogP contribution is -2.03. The van der Waals surface area contributed by atoms with Crippen molar-refractivity contribution in [2.45, 2.75) is 37.1 Å². The van der Waals surface area contributed by atoms with Crippen molar-refractivity contribution in [1.29, 1.82) is 0 Å². The molecular formula is C14H19N3S. The second kappa shape index (κ2) is 6.07. The first-order valence-corrected chi connectivity index (χ1v) is 7.11. The number of hydrogen-bond acceptors (Lipinski definition) is 3. The highest BCUT2D eigenvalue weighted by Crippen LogP contribution is 2.24. The topological polar surface area (TPSA) is 43.8 Å². The van der Waals surface area contributed by atoms with Gasteiger partial charge in [-0.05, 0) is 31.5 Å². The summed E-state index contributed by atoms with van der Waals surface area (Å²) in [6.45, 7) is 4.94. The molecule has 18 heavy (non-hydrogen) atoms. The zero-order valence-electron chi connectivity index (χ0n) is 10.8. The normalized spacial score (nSPS) is 11.1. The van der Waals surface area contributed by atoms with Crippen LogP contribution in [0.2, 0.25) is 0 Å². The molecule has 96 valence electrons. The Hall–Kier alpha value is -1.26. The Bertz CT molecular complexity index is 505. The van der Waals surface area contributed by atoms with E-state index in [-0.39, 0.29) is 0 Å². The van der Waals surface area contributed by atoms with Crippen LogP contribution in [0.3, 0.4) is 0 Å². The first-order chi connectivity index (χ1) is 8.70. The van der Waals surface area contributed by atoms with E-state index in [1.54, 1.807) is 0 Å². The fourth-order valence-corrected chi connectivity index (χ4v) is 2.78. The Morgan fingerprint density at radius 1 is 1.39 bits per heavy atom. The van der Waals surface area contributed by atoms with Gasteiger partial charge in [0.15, 0.2) is 0 Å². The second-order valence-electron chi connectivity index (χ2n) is 4.53. The lowest BCUT2D eigenvalue weighted by Gasteiger charge is -2.11. The molecule has 4 heteroatoms. The van der Waals surface area contributed by atoms with Crippen LogP contribution in [0.4, 0.5) is 0 Å². The number of benzene rings is 1. The average Bonchev–Trinajstić information content (AvgIpc) is 2.85. The minimum atomic E-state index is 0.457. The van der Waals surface area contributed by atoms with Gasteiger partial charge in [-0.25, -0.2) is 4.98 Å². The predicted octanol–water partition coefficient (Wildman–Crippen LogP) is 3.22.